The number of hydrogen-bond acceptors (Lipinski definition) is 7. The van der Waals surface area contributed by atoms with E-state index in [9.17, 15) is 24.3 Å². The number of aromatic amines is 1. The van der Waals surface area contributed by atoms with Gasteiger partial charge in [0.1, 0.15) is 18.1 Å². The summed E-state index contributed by atoms with van der Waals surface area (Å²) in [6.07, 6.45) is 7.17. The molecule has 190 valence electrons. The van der Waals surface area contributed by atoms with E-state index in [0.29, 0.717) is 43.7 Å². The van der Waals surface area contributed by atoms with E-state index >= 15 is 0 Å². The van der Waals surface area contributed by atoms with Crippen LogP contribution in [-0.4, -0.2) is 86.4 Å². The highest BCUT2D eigenvalue weighted by Gasteiger charge is 2.39. The van der Waals surface area contributed by atoms with Crippen molar-refractivity contribution in [3.8, 4) is 0 Å². The molecule has 0 spiro atoms. The monoisotopic (exact) mass is 496 g/mol. The second kappa shape index (κ2) is 13.3. The van der Waals surface area contributed by atoms with Crippen LogP contribution in [0.4, 0.5) is 0 Å². The average Bonchev–Trinajstić information content (AvgIpc) is 3.51. The van der Waals surface area contributed by atoms with E-state index in [1.165, 1.54) is 23.0 Å². The Hall–Kier alpha value is -2.60. The average molecular weight is 497 g/mol. The number of amides is 3. The predicted octanol–water partition coefficient (Wildman–Crippen LogP) is 0.124. The Bertz CT molecular complexity index is 836. The Morgan fingerprint density at radius 1 is 1.32 bits per heavy atom. The number of hydrogen-bond donors (Lipinski definition) is 5. The van der Waals surface area contributed by atoms with Crippen molar-refractivity contribution in [1.29, 1.82) is 0 Å². The lowest BCUT2D eigenvalue weighted by molar-refractivity contribution is -0.150. The van der Waals surface area contributed by atoms with E-state index in [-0.39, 0.29) is 12.3 Å². The van der Waals surface area contributed by atoms with Gasteiger partial charge in [0.2, 0.25) is 17.7 Å². The van der Waals surface area contributed by atoms with Crippen LogP contribution in [0.15, 0.2) is 12.5 Å². The van der Waals surface area contributed by atoms with Gasteiger partial charge in [0, 0.05) is 24.9 Å². The first-order chi connectivity index (χ1) is 16.2. The maximum Gasteiger partial charge on any atom is 0.326 e. The van der Waals surface area contributed by atoms with Gasteiger partial charge in [-0.05, 0) is 37.2 Å². The minimum absolute atomic E-state index is 0.217. The molecule has 2 heterocycles. The van der Waals surface area contributed by atoms with Crippen LogP contribution in [0.2, 0.25) is 0 Å². The quantitative estimate of drug-likeness (QED) is 0.256. The maximum absolute atomic E-state index is 13.3. The molecule has 1 aromatic rings. The van der Waals surface area contributed by atoms with Crippen LogP contribution in [0.1, 0.15) is 45.2 Å². The number of nitrogens with one attached hydrogen (secondary N) is 3. The minimum atomic E-state index is -1.04. The standard InChI is InChI=1S/C22H36N6O5S/c1-4-13(2)18(21(31)28-8-5-6-17(28)22(32)33)27-20(30)16(7-9-34-3)26-19(29)15(23)10-14-11-24-12-25-14/h11-13,15-18H,4-10,23H2,1-3H3,(H,24,25)(H,26,29)(H,27,30)(H,32,33). The van der Waals surface area contributed by atoms with Crippen LogP contribution in [0.5, 0.6) is 0 Å². The number of imidazole rings is 1. The lowest BCUT2D eigenvalue weighted by Crippen LogP contribution is -2.59. The van der Waals surface area contributed by atoms with Crippen LogP contribution in [-0.2, 0) is 25.6 Å². The zero-order valence-electron chi connectivity index (χ0n) is 20.0. The summed E-state index contributed by atoms with van der Waals surface area (Å²) < 4.78 is 0. The van der Waals surface area contributed by atoms with Gasteiger partial charge in [-0.25, -0.2) is 9.78 Å². The van der Waals surface area contributed by atoms with Crippen molar-refractivity contribution in [2.75, 3.05) is 18.6 Å². The molecule has 34 heavy (non-hydrogen) atoms. The van der Waals surface area contributed by atoms with E-state index < -0.39 is 47.9 Å². The van der Waals surface area contributed by atoms with Gasteiger partial charge in [0.05, 0.1) is 12.4 Å². The molecule has 0 bridgehead atoms. The number of carboxylic acids is 1. The van der Waals surface area contributed by atoms with Crippen LogP contribution < -0.4 is 16.4 Å². The van der Waals surface area contributed by atoms with Crippen LogP contribution >= 0.6 is 11.8 Å². The van der Waals surface area contributed by atoms with Gasteiger partial charge in [0.15, 0.2) is 0 Å². The van der Waals surface area contributed by atoms with E-state index in [1.54, 1.807) is 6.20 Å². The lowest BCUT2D eigenvalue weighted by atomic mass is 9.96. The molecule has 0 saturated carbocycles. The molecule has 0 aliphatic carbocycles. The Labute approximate surface area is 204 Å². The number of nitrogens with zero attached hydrogens (tertiary/aromatic N) is 2. The zero-order chi connectivity index (χ0) is 25.3. The number of nitrogens with two attached hydrogens (primary N) is 1. The number of carboxylic acid groups (broad SMARTS) is 1. The number of H-pyrrole nitrogens is 1. The molecule has 5 unspecified atom stereocenters. The van der Waals surface area contributed by atoms with E-state index in [0.717, 1.165) is 0 Å². The molecule has 1 aromatic heterocycles. The number of rotatable bonds is 13. The Kier molecular flexibility index (Phi) is 10.8. The molecular weight excluding hydrogens is 460 g/mol. The van der Waals surface area contributed by atoms with Crippen LogP contribution in [0, 0.1) is 5.92 Å². The predicted molar refractivity (Wildman–Crippen MR) is 129 cm³/mol. The molecule has 6 N–H and O–H groups in total. The van der Waals surface area contributed by atoms with Crippen molar-refractivity contribution in [1.82, 2.24) is 25.5 Å². The molecule has 1 fully saturated rings. The minimum Gasteiger partial charge on any atom is -0.480 e. The van der Waals surface area contributed by atoms with E-state index in [1.807, 2.05) is 20.1 Å². The fourth-order valence-electron chi connectivity index (χ4n) is 3.91. The molecule has 1 saturated heterocycles. The molecule has 1 aliphatic rings. The number of carbonyl (C=O) groups excluding carboxylic acids is 3. The second-order valence-corrected chi connectivity index (χ2v) is 9.62. The third-order valence-corrected chi connectivity index (χ3v) is 6.82. The summed E-state index contributed by atoms with van der Waals surface area (Å²) in [4.78, 5) is 58.9. The van der Waals surface area contributed by atoms with Crippen molar-refractivity contribution in [2.45, 2.75) is 70.1 Å². The normalized spacial score (nSPS) is 19.2. The molecule has 1 aliphatic heterocycles. The summed E-state index contributed by atoms with van der Waals surface area (Å²) in [5.74, 6) is -2.02. The molecule has 12 heteroatoms. The van der Waals surface area contributed by atoms with Crippen LogP contribution in [0.3, 0.4) is 0 Å². The maximum atomic E-state index is 13.3. The fraction of sp³-hybridized carbons (Fsp3) is 0.682. The number of likely N-dealkylation sites (tertiary alicyclic amines) is 1. The number of aromatic nitrogens is 2. The third kappa shape index (κ3) is 7.45. The molecule has 11 nitrogen and oxygen atoms in total. The number of thioether (sulfide) groups is 1. The van der Waals surface area contributed by atoms with Gasteiger partial charge in [-0.1, -0.05) is 20.3 Å². The smallest absolute Gasteiger partial charge is 0.326 e. The first kappa shape index (κ1) is 27.6. The van der Waals surface area contributed by atoms with Crippen molar-refractivity contribution in [2.24, 2.45) is 11.7 Å². The summed E-state index contributed by atoms with van der Waals surface area (Å²) in [5, 5.41) is 15.0. The van der Waals surface area contributed by atoms with Gasteiger partial charge in [0.25, 0.3) is 0 Å². The molecular formula is C22H36N6O5S. The zero-order valence-corrected chi connectivity index (χ0v) is 20.8. The molecule has 3 amide bonds. The van der Waals surface area contributed by atoms with Crippen molar-refractivity contribution < 1.29 is 24.3 Å². The SMILES string of the molecule is CCC(C)C(NC(=O)C(CCSC)NC(=O)C(N)Cc1cnc[nH]1)C(=O)N1CCCC1C(=O)O. The van der Waals surface area contributed by atoms with E-state index in [4.69, 9.17) is 5.73 Å². The molecule has 5 atom stereocenters. The highest BCUT2D eigenvalue weighted by atomic mass is 32.2. The summed E-state index contributed by atoms with van der Waals surface area (Å²) in [6.45, 7) is 4.08. The largest absolute Gasteiger partial charge is 0.480 e. The molecule has 0 aromatic carbocycles. The first-order valence-corrected chi connectivity index (χ1v) is 12.9. The highest BCUT2D eigenvalue weighted by Crippen LogP contribution is 2.21. The molecule has 0 radical (unpaired) electrons. The fourth-order valence-corrected chi connectivity index (χ4v) is 4.38. The molecule has 2 rings (SSSR count). The van der Waals surface area contributed by atoms with Crippen molar-refractivity contribution in [3.63, 3.8) is 0 Å². The lowest BCUT2D eigenvalue weighted by Gasteiger charge is -2.31. The summed E-state index contributed by atoms with van der Waals surface area (Å²) >= 11 is 1.53. The highest BCUT2D eigenvalue weighted by molar-refractivity contribution is 7.98. The topological polar surface area (TPSA) is 171 Å². The Balaban J connectivity index is 2.12. The van der Waals surface area contributed by atoms with Gasteiger partial charge in [-0.2, -0.15) is 11.8 Å². The van der Waals surface area contributed by atoms with Gasteiger partial charge in [-0.15, -0.1) is 0 Å². The van der Waals surface area contributed by atoms with Gasteiger partial charge >= 0.3 is 5.97 Å². The van der Waals surface area contributed by atoms with Gasteiger partial charge < -0.3 is 31.4 Å². The van der Waals surface area contributed by atoms with Crippen molar-refractivity contribution >= 4 is 35.5 Å². The van der Waals surface area contributed by atoms with Crippen molar-refractivity contribution in [3.05, 3.63) is 18.2 Å². The summed E-state index contributed by atoms with van der Waals surface area (Å²) in [5.41, 5.74) is 6.72. The summed E-state index contributed by atoms with van der Waals surface area (Å²) in [7, 11) is 0. The number of carbonyl (C=O) groups is 4. The summed E-state index contributed by atoms with van der Waals surface area (Å²) in [6, 6.07) is -3.52. The Morgan fingerprint density at radius 3 is 2.65 bits per heavy atom. The Morgan fingerprint density at radius 2 is 2.06 bits per heavy atom. The second-order valence-electron chi connectivity index (χ2n) is 8.63. The number of aliphatic carboxylic acids is 1. The van der Waals surface area contributed by atoms with E-state index in [2.05, 4.69) is 20.6 Å². The van der Waals surface area contributed by atoms with Gasteiger partial charge in [-0.3, -0.25) is 14.4 Å². The third-order valence-electron chi connectivity index (χ3n) is 6.17. The van der Waals surface area contributed by atoms with Crippen LogP contribution in [0.25, 0.3) is 0 Å². The first-order valence-electron chi connectivity index (χ1n) is 11.5.